The molecule has 0 aliphatic heterocycles. The van der Waals surface area contributed by atoms with Crippen LogP contribution in [0.15, 0.2) is 4.99 Å². The normalized spacial score (nSPS) is 16.8. The number of hydrogen-bond acceptors (Lipinski definition) is 3. The van der Waals surface area contributed by atoms with Crippen molar-refractivity contribution in [1.29, 1.82) is 0 Å². The molecule has 0 amide bonds. The van der Waals surface area contributed by atoms with E-state index in [9.17, 15) is 0 Å². The molecular weight excluding hydrogens is 381 g/mol. The van der Waals surface area contributed by atoms with Gasteiger partial charge in [-0.15, -0.1) is 24.0 Å². The number of guanidine groups is 1. The van der Waals surface area contributed by atoms with E-state index in [1.165, 1.54) is 19.3 Å². The summed E-state index contributed by atoms with van der Waals surface area (Å²) in [6.45, 7) is 8.98. The first-order chi connectivity index (χ1) is 9.76. The zero-order chi connectivity index (χ0) is 14.7. The minimum absolute atomic E-state index is 0. The summed E-state index contributed by atoms with van der Waals surface area (Å²) in [7, 11) is 1.77. The quantitative estimate of drug-likeness (QED) is 0.250. The number of hydrogen-bond donors (Lipinski definition) is 2. The average Bonchev–Trinajstić information content (AvgIpc) is 2.41. The number of nitrogens with one attached hydrogen (secondary N) is 2. The van der Waals surface area contributed by atoms with Crippen molar-refractivity contribution in [1.82, 2.24) is 10.6 Å². The lowest BCUT2D eigenvalue weighted by Gasteiger charge is -2.40. The van der Waals surface area contributed by atoms with E-state index in [2.05, 4.69) is 17.6 Å². The first-order valence-electron chi connectivity index (χ1n) is 7.85. The molecule has 6 heteroatoms. The average molecular weight is 413 g/mol. The Morgan fingerprint density at radius 3 is 2.48 bits per heavy atom. The van der Waals surface area contributed by atoms with Crippen molar-refractivity contribution in [2.24, 2.45) is 10.4 Å². The Morgan fingerprint density at radius 2 is 1.95 bits per heavy atom. The van der Waals surface area contributed by atoms with Gasteiger partial charge in [0.2, 0.25) is 0 Å². The van der Waals surface area contributed by atoms with Gasteiger partial charge in [0.1, 0.15) is 0 Å². The lowest BCUT2D eigenvalue weighted by atomic mass is 9.67. The van der Waals surface area contributed by atoms with Gasteiger partial charge >= 0.3 is 0 Å². The van der Waals surface area contributed by atoms with Gasteiger partial charge in [-0.2, -0.15) is 0 Å². The third-order valence-electron chi connectivity index (χ3n) is 3.91. The molecule has 0 heterocycles. The molecule has 0 spiro atoms. The Morgan fingerprint density at radius 1 is 1.19 bits per heavy atom. The Balaban J connectivity index is 0.00000400. The van der Waals surface area contributed by atoms with Gasteiger partial charge in [0.15, 0.2) is 5.96 Å². The van der Waals surface area contributed by atoms with E-state index >= 15 is 0 Å². The Bertz CT molecular complexity index is 284. The Labute approximate surface area is 146 Å². The van der Waals surface area contributed by atoms with E-state index in [-0.39, 0.29) is 24.0 Å². The van der Waals surface area contributed by atoms with Crippen LogP contribution in [-0.4, -0.2) is 52.5 Å². The molecule has 0 aromatic carbocycles. The predicted molar refractivity (Wildman–Crippen MR) is 98.7 cm³/mol. The lowest BCUT2D eigenvalue weighted by molar-refractivity contribution is 0.0778. The molecule has 1 aliphatic carbocycles. The highest BCUT2D eigenvalue weighted by molar-refractivity contribution is 14.0. The van der Waals surface area contributed by atoms with Gasteiger partial charge in [0.05, 0.1) is 6.61 Å². The molecule has 1 rings (SSSR count). The van der Waals surface area contributed by atoms with E-state index in [1.807, 2.05) is 6.92 Å². The summed E-state index contributed by atoms with van der Waals surface area (Å²) >= 11 is 0. The van der Waals surface area contributed by atoms with Crippen molar-refractivity contribution in [3.05, 3.63) is 0 Å². The topological polar surface area (TPSA) is 54.9 Å². The van der Waals surface area contributed by atoms with Crippen molar-refractivity contribution < 1.29 is 9.47 Å². The van der Waals surface area contributed by atoms with Crippen LogP contribution < -0.4 is 10.6 Å². The molecule has 2 N–H and O–H groups in total. The van der Waals surface area contributed by atoms with Crippen LogP contribution in [0.4, 0.5) is 0 Å². The summed E-state index contributed by atoms with van der Waals surface area (Å²) in [6.07, 6.45) is 5.00. The third-order valence-corrected chi connectivity index (χ3v) is 3.91. The summed E-state index contributed by atoms with van der Waals surface area (Å²) in [5.74, 6) is 0.899. The number of methoxy groups -OCH3 is 1. The van der Waals surface area contributed by atoms with Crippen molar-refractivity contribution >= 4 is 29.9 Å². The van der Waals surface area contributed by atoms with E-state index in [4.69, 9.17) is 14.5 Å². The van der Waals surface area contributed by atoms with Crippen molar-refractivity contribution in [3.8, 4) is 0 Å². The van der Waals surface area contributed by atoms with E-state index < -0.39 is 0 Å². The van der Waals surface area contributed by atoms with E-state index in [0.29, 0.717) is 5.41 Å². The first kappa shape index (κ1) is 20.9. The van der Waals surface area contributed by atoms with E-state index in [1.54, 1.807) is 7.11 Å². The SMILES string of the molecule is CCNC(=NCC1(CCOC)CCC1)NCCOCC.I. The molecule has 126 valence electrons. The van der Waals surface area contributed by atoms with E-state index in [0.717, 1.165) is 51.8 Å². The van der Waals surface area contributed by atoms with Gasteiger partial charge in [-0.1, -0.05) is 6.42 Å². The van der Waals surface area contributed by atoms with Gasteiger partial charge in [-0.3, -0.25) is 4.99 Å². The Hall–Kier alpha value is -0.0800. The summed E-state index contributed by atoms with van der Waals surface area (Å²) in [6, 6.07) is 0. The molecule has 0 radical (unpaired) electrons. The molecule has 1 aliphatic rings. The van der Waals surface area contributed by atoms with Crippen LogP contribution in [0.25, 0.3) is 0 Å². The van der Waals surface area contributed by atoms with Crippen LogP contribution in [0.2, 0.25) is 0 Å². The van der Waals surface area contributed by atoms with Crippen LogP contribution >= 0.6 is 24.0 Å². The molecule has 0 atom stereocenters. The highest BCUT2D eigenvalue weighted by Crippen LogP contribution is 2.44. The maximum absolute atomic E-state index is 5.33. The second-order valence-electron chi connectivity index (χ2n) is 5.42. The van der Waals surface area contributed by atoms with Gasteiger partial charge < -0.3 is 20.1 Å². The molecule has 0 aromatic rings. The smallest absolute Gasteiger partial charge is 0.191 e. The molecule has 1 fully saturated rings. The zero-order valence-corrected chi connectivity index (χ0v) is 16.1. The van der Waals surface area contributed by atoms with Crippen LogP contribution in [-0.2, 0) is 9.47 Å². The number of nitrogens with zero attached hydrogens (tertiary/aromatic N) is 1. The largest absolute Gasteiger partial charge is 0.385 e. The summed E-state index contributed by atoms with van der Waals surface area (Å²) in [5, 5.41) is 6.60. The molecule has 5 nitrogen and oxygen atoms in total. The highest BCUT2D eigenvalue weighted by atomic mass is 127. The molecule has 0 unspecified atom stereocenters. The number of aliphatic imine (C=N–C) groups is 1. The number of ether oxygens (including phenoxy) is 2. The fraction of sp³-hybridized carbons (Fsp3) is 0.933. The van der Waals surface area contributed by atoms with Crippen molar-refractivity contribution in [3.63, 3.8) is 0 Å². The van der Waals surface area contributed by atoms with Crippen molar-refractivity contribution in [2.75, 3.05) is 46.6 Å². The molecule has 1 saturated carbocycles. The highest BCUT2D eigenvalue weighted by Gasteiger charge is 2.36. The maximum atomic E-state index is 5.33. The second-order valence-corrected chi connectivity index (χ2v) is 5.42. The molecule has 0 saturated heterocycles. The maximum Gasteiger partial charge on any atom is 0.191 e. The fourth-order valence-electron chi connectivity index (χ4n) is 2.46. The third kappa shape index (κ3) is 8.21. The van der Waals surface area contributed by atoms with Gasteiger partial charge in [0.25, 0.3) is 0 Å². The molecule has 0 bridgehead atoms. The van der Waals surface area contributed by atoms with Gasteiger partial charge in [-0.05, 0) is 38.5 Å². The zero-order valence-electron chi connectivity index (χ0n) is 13.7. The van der Waals surface area contributed by atoms with Gasteiger partial charge in [0, 0.05) is 40.0 Å². The van der Waals surface area contributed by atoms with Crippen LogP contribution in [0.1, 0.15) is 39.5 Å². The molecular formula is C15H32IN3O2. The molecule has 21 heavy (non-hydrogen) atoms. The summed E-state index contributed by atoms with van der Waals surface area (Å²) in [5.41, 5.74) is 0.373. The second kappa shape index (κ2) is 12.5. The first-order valence-corrected chi connectivity index (χ1v) is 7.85. The predicted octanol–water partition coefficient (Wildman–Crippen LogP) is 2.40. The van der Waals surface area contributed by atoms with Crippen LogP contribution in [0.5, 0.6) is 0 Å². The standard InChI is InChI=1S/C15H31N3O2.HI/c1-4-16-14(17-10-12-20-5-2)18-13-15(7-6-8-15)9-11-19-3;/h4-13H2,1-3H3,(H2,16,17,18);1H. The Kier molecular flexibility index (Phi) is 12.4. The summed E-state index contributed by atoms with van der Waals surface area (Å²) in [4.78, 5) is 4.74. The fourth-order valence-corrected chi connectivity index (χ4v) is 2.46. The molecule has 0 aromatic heterocycles. The minimum atomic E-state index is 0. The number of rotatable bonds is 10. The monoisotopic (exact) mass is 413 g/mol. The van der Waals surface area contributed by atoms with Gasteiger partial charge in [-0.25, -0.2) is 0 Å². The summed E-state index contributed by atoms with van der Waals surface area (Å²) < 4.78 is 10.6. The lowest BCUT2D eigenvalue weighted by Crippen LogP contribution is -2.41. The van der Waals surface area contributed by atoms with Crippen molar-refractivity contribution in [2.45, 2.75) is 39.5 Å². The van der Waals surface area contributed by atoms with Crippen LogP contribution in [0, 0.1) is 5.41 Å². The van der Waals surface area contributed by atoms with Crippen LogP contribution in [0.3, 0.4) is 0 Å². The minimum Gasteiger partial charge on any atom is -0.385 e. The number of halogens is 1.